The standard InChI is InChI=1S/C9H8BrFN2O2S/c10-8-3-2-7(6-9(8)11)16(14,15)13-5-1-4-12/h2-3,6,13H,1,5H2. The lowest BCUT2D eigenvalue weighted by Gasteiger charge is -2.05. The highest BCUT2D eigenvalue weighted by atomic mass is 79.9. The molecule has 1 aromatic rings. The van der Waals surface area contributed by atoms with Crippen LogP contribution >= 0.6 is 15.9 Å². The Kier molecular flexibility index (Phi) is 4.41. The van der Waals surface area contributed by atoms with Gasteiger partial charge in [-0.2, -0.15) is 5.26 Å². The molecule has 0 amide bonds. The van der Waals surface area contributed by atoms with Gasteiger partial charge in [0.2, 0.25) is 10.0 Å². The van der Waals surface area contributed by atoms with Gasteiger partial charge in [-0.25, -0.2) is 17.5 Å². The van der Waals surface area contributed by atoms with Gasteiger partial charge in [0.15, 0.2) is 0 Å². The first kappa shape index (κ1) is 13.1. The molecule has 0 bridgehead atoms. The van der Waals surface area contributed by atoms with Crippen LogP contribution in [0.5, 0.6) is 0 Å². The molecule has 4 nitrogen and oxygen atoms in total. The zero-order chi connectivity index (χ0) is 12.2. The summed E-state index contributed by atoms with van der Waals surface area (Å²) >= 11 is 2.93. The van der Waals surface area contributed by atoms with Gasteiger partial charge < -0.3 is 0 Å². The summed E-state index contributed by atoms with van der Waals surface area (Å²) in [6.07, 6.45) is 0.0677. The lowest BCUT2D eigenvalue weighted by Crippen LogP contribution is -2.24. The van der Waals surface area contributed by atoms with Crippen molar-refractivity contribution in [3.05, 3.63) is 28.5 Å². The molecule has 0 fully saturated rings. The Morgan fingerprint density at radius 2 is 2.19 bits per heavy atom. The van der Waals surface area contributed by atoms with Crippen molar-refractivity contribution in [1.82, 2.24) is 4.72 Å². The van der Waals surface area contributed by atoms with E-state index in [0.29, 0.717) is 0 Å². The highest BCUT2D eigenvalue weighted by Crippen LogP contribution is 2.19. The molecule has 1 rings (SSSR count). The summed E-state index contributed by atoms with van der Waals surface area (Å²) in [5.41, 5.74) is 0. The number of benzene rings is 1. The Morgan fingerprint density at radius 1 is 1.50 bits per heavy atom. The average molecular weight is 307 g/mol. The van der Waals surface area contributed by atoms with Crippen LogP contribution in [0, 0.1) is 17.1 Å². The van der Waals surface area contributed by atoms with E-state index in [1.54, 1.807) is 6.07 Å². The van der Waals surface area contributed by atoms with Gasteiger partial charge in [-0.1, -0.05) is 0 Å². The van der Waals surface area contributed by atoms with Gasteiger partial charge in [0.25, 0.3) is 0 Å². The van der Waals surface area contributed by atoms with Crippen molar-refractivity contribution >= 4 is 26.0 Å². The van der Waals surface area contributed by atoms with Crippen molar-refractivity contribution < 1.29 is 12.8 Å². The minimum Gasteiger partial charge on any atom is -0.210 e. The molecule has 1 aromatic carbocycles. The third-order valence-corrected chi connectivity index (χ3v) is 3.83. The molecule has 0 aliphatic heterocycles. The summed E-state index contributed by atoms with van der Waals surface area (Å²) in [5, 5.41) is 8.26. The zero-order valence-corrected chi connectivity index (χ0v) is 10.5. The summed E-state index contributed by atoms with van der Waals surface area (Å²) < 4.78 is 38.6. The number of nitrogens with one attached hydrogen (secondary N) is 1. The summed E-state index contributed by atoms with van der Waals surface area (Å²) in [6.45, 7) is 0.0104. The van der Waals surface area contributed by atoms with Crippen LogP contribution in [0.2, 0.25) is 0 Å². The van der Waals surface area contributed by atoms with Crippen molar-refractivity contribution in [2.24, 2.45) is 0 Å². The second kappa shape index (κ2) is 5.39. The zero-order valence-electron chi connectivity index (χ0n) is 8.07. The molecular formula is C9H8BrFN2O2S. The fraction of sp³-hybridized carbons (Fsp3) is 0.222. The van der Waals surface area contributed by atoms with Crippen LogP contribution in [0.4, 0.5) is 4.39 Å². The maximum atomic E-state index is 13.1. The van der Waals surface area contributed by atoms with Crippen LogP contribution in [0.3, 0.4) is 0 Å². The fourth-order valence-corrected chi connectivity index (χ4v) is 2.26. The van der Waals surface area contributed by atoms with Gasteiger partial charge in [-0.3, -0.25) is 0 Å². The molecule has 0 saturated carbocycles. The van der Waals surface area contributed by atoms with Crippen LogP contribution in [-0.2, 0) is 10.0 Å². The quantitative estimate of drug-likeness (QED) is 0.862. The number of hydrogen-bond donors (Lipinski definition) is 1. The largest absolute Gasteiger partial charge is 0.240 e. The predicted octanol–water partition coefficient (Wildman–Crippen LogP) is 1.78. The van der Waals surface area contributed by atoms with Gasteiger partial charge in [0.05, 0.1) is 15.4 Å². The molecule has 1 N–H and O–H groups in total. The van der Waals surface area contributed by atoms with Crippen molar-refractivity contribution in [3.63, 3.8) is 0 Å². The smallest absolute Gasteiger partial charge is 0.210 e. The van der Waals surface area contributed by atoms with Gasteiger partial charge in [0, 0.05) is 13.0 Å². The molecule has 0 unspecified atom stereocenters. The van der Waals surface area contributed by atoms with E-state index in [-0.39, 0.29) is 22.3 Å². The summed E-state index contributed by atoms with van der Waals surface area (Å²) in [6, 6.07) is 5.31. The summed E-state index contributed by atoms with van der Waals surface area (Å²) in [4.78, 5) is -0.161. The van der Waals surface area contributed by atoms with Crippen LogP contribution in [0.15, 0.2) is 27.6 Å². The molecule has 7 heteroatoms. The maximum Gasteiger partial charge on any atom is 0.240 e. The molecule has 16 heavy (non-hydrogen) atoms. The summed E-state index contributed by atoms with van der Waals surface area (Å²) in [7, 11) is -3.73. The van der Waals surface area contributed by atoms with Crippen LogP contribution < -0.4 is 4.72 Å². The Hall–Kier alpha value is -0.970. The number of sulfonamides is 1. The van der Waals surface area contributed by atoms with E-state index in [0.717, 1.165) is 6.07 Å². The Labute approximate surface area is 101 Å². The number of nitrogens with zero attached hydrogens (tertiary/aromatic N) is 1. The first-order valence-electron chi connectivity index (χ1n) is 4.29. The Bertz CT molecular complexity index is 525. The molecule has 0 spiro atoms. The fourth-order valence-electron chi connectivity index (χ4n) is 0.969. The lowest BCUT2D eigenvalue weighted by molar-refractivity contribution is 0.577. The van der Waals surface area contributed by atoms with Gasteiger partial charge in [0.1, 0.15) is 5.82 Å². The van der Waals surface area contributed by atoms with E-state index in [4.69, 9.17) is 5.26 Å². The van der Waals surface area contributed by atoms with E-state index in [1.807, 2.05) is 0 Å². The number of nitriles is 1. The number of rotatable bonds is 4. The first-order chi connectivity index (χ1) is 7.47. The highest BCUT2D eigenvalue weighted by molar-refractivity contribution is 9.10. The minimum atomic E-state index is -3.73. The molecule has 0 atom stereocenters. The van der Waals surface area contributed by atoms with Crippen molar-refractivity contribution in [3.8, 4) is 6.07 Å². The van der Waals surface area contributed by atoms with Crippen molar-refractivity contribution in [1.29, 1.82) is 5.26 Å². The molecule has 0 heterocycles. The molecule has 0 radical (unpaired) electrons. The molecule has 0 aliphatic carbocycles. The third-order valence-electron chi connectivity index (χ3n) is 1.73. The molecule has 86 valence electrons. The van der Waals surface area contributed by atoms with E-state index < -0.39 is 15.8 Å². The maximum absolute atomic E-state index is 13.1. The topological polar surface area (TPSA) is 70.0 Å². The van der Waals surface area contributed by atoms with Crippen LogP contribution in [0.25, 0.3) is 0 Å². The lowest BCUT2D eigenvalue weighted by atomic mass is 10.3. The molecule has 0 aliphatic rings. The van der Waals surface area contributed by atoms with E-state index in [1.165, 1.54) is 12.1 Å². The second-order valence-corrected chi connectivity index (χ2v) is 5.50. The van der Waals surface area contributed by atoms with Crippen molar-refractivity contribution in [2.75, 3.05) is 6.54 Å². The number of hydrogen-bond acceptors (Lipinski definition) is 3. The predicted molar refractivity (Wildman–Crippen MR) is 59.5 cm³/mol. The molecular weight excluding hydrogens is 299 g/mol. The normalized spacial score (nSPS) is 11.1. The monoisotopic (exact) mass is 306 g/mol. The highest BCUT2D eigenvalue weighted by Gasteiger charge is 2.14. The first-order valence-corrected chi connectivity index (χ1v) is 6.56. The SMILES string of the molecule is N#CCCNS(=O)(=O)c1ccc(Br)c(F)c1. The third kappa shape index (κ3) is 3.27. The average Bonchev–Trinajstić information content (AvgIpc) is 2.22. The second-order valence-electron chi connectivity index (χ2n) is 2.88. The minimum absolute atomic E-state index is 0.0104. The summed E-state index contributed by atoms with van der Waals surface area (Å²) in [5.74, 6) is -0.650. The van der Waals surface area contributed by atoms with Crippen molar-refractivity contribution in [2.45, 2.75) is 11.3 Å². The van der Waals surface area contributed by atoms with E-state index in [2.05, 4.69) is 20.7 Å². The van der Waals surface area contributed by atoms with E-state index >= 15 is 0 Å². The van der Waals surface area contributed by atoms with Gasteiger partial charge in [-0.15, -0.1) is 0 Å². The molecule has 0 aromatic heterocycles. The Morgan fingerprint density at radius 3 is 2.75 bits per heavy atom. The van der Waals surface area contributed by atoms with E-state index in [9.17, 15) is 12.8 Å². The Balaban J connectivity index is 2.91. The van der Waals surface area contributed by atoms with Crippen LogP contribution in [-0.4, -0.2) is 15.0 Å². The molecule has 0 saturated heterocycles. The van der Waals surface area contributed by atoms with Gasteiger partial charge in [-0.05, 0) is 34.1 Å². The van der Waals surface area contributed by atoms with Gasteiger partial charge >= 0.3 is 0 Å². The number of halogens is 2. The van der Waals surface area contributed by atoms with Crippen LogP contribution in [0.1, 0.15) is 6.42 Å².